The minimum Gasteiger partial charge on any atom is -0.867 e. The molecule has 0 saturated carbocycles. The Bertz CT molecular complexity index is 1460. The van der Waals surface area contributed by atoms with E-state index in [0.717, 1.165) is 16.6 Å². The molecule has 4 rings (SSSR count). The van der Waals surface area contributed by atoms with Crippen LogP contribution in [0.15, 0.2) is 54.9 Å². The van der Waals surface area contributed by atoms with Crippen molar-refractivity contribution >= 4 is 72.8 Å². The highest BCUT2D eigenvalue weighted by Crippen LogP contribution is 2.39. The molecule has 3 aromatic rings. The first-order valence-corrected chi connectivity index (χ1v) is 10.3. The first kappa shape index (κ1) is 22.1. The summed E-state index contributed by atoms with van der Waals surface area (Å²) >= 11 is 4.03. The van der Waals surface area contributed by atoms with Crippen LogP contribution < -0.4 is 5.11 Å². The van der Waals surface area contributed by atoms with E-state index in [0.29, 0.717) is 28.7 Å². The SMILES string of the molecule is O=C1N=C(N=Nc2c(O)[nH]c3ccc(Br)cc23)S/C1=C/c1cc([N+](=O)[O-])cc([N+](=O)[O-])c1[O-]. The summed E-state index contributed by atoms with van der Waals surface area (Å²) in [6.45, 7) is 0. The van der Waals surface area contributed by atoms with Gasteiger partial charge in [0.1, 0.15) is 0 Å². The van der Waals surface area contributed by atoms with Crippen LogP contribution in [0.5, 0.6) is 11.6 Å². The zero-order chi connectivity index (χ0) is 23.9. The fraction of sp³-hybridized carbons (Fsp3) is 0. The number of fused-ring (bicyclic) bond motifs is 1. The Morgan fingerprint density at radius 3 is 2.61 bits per heavy atom. The number of amides is 1. The van der Waals surface area contributed by atoms with E-state index in [1.807, 2.05) is 0 Å². The maximum absolute atomic E-state index is 12.3. The van der Waals surface area contributed by atoms with Crippen LogP contribution in [-0.2, 0) is 4.79 Å². The van der Waals surface area contributed by atoms with E-state index in [4.69, 9.17) is 0 Å². The van der Waals surface area contributed by atoms with Crippen LogP contribution in [0.4, 0.5) is 17.1 Å². The molecule has 0 spiro atoms. The molecular formula is C18H8BrN6O7S-. The van der Waals surface area contributed by atoms with Crippen LogP contribution in [0, 0.1) is 20.2 Å². The van der Waals surface area contributed by atoms with Gasteiger partial charge in [-0.1, -0.05) is 15.9 Å². The number of nitro benzene ring substituents is 2. The van der Waals surface area contributed by atoms with Crippen molar-refractivity contribution < 1.29 is 24.9 Å². The summed E-state index contributed by atoms with van der Waals surface area (Å²) < 4.78 is 0.734. The standard InChI is InChI=1S/C18H9BrN6O7S/c19-8-1-2-11-10(5-8)14(17(28)20-11)22-23-18-21-16(27)13(33-18)4-7-3-9(24(29)30)6-12(15(7)26)25(31)32/h1-6,20,26,28H/p-1/b13-4+,23-22?. The molecule has 0 saturated heterocycles. The van der Waals surface area contributed by atoms with Crippen LogP contribution in [0.1, 0.15) is 5.56 Å². The van der Waals surface area contributed by atoms with Crippen LogP contribution in [0.25, 0.3) is 17.0 Å². The molecule has 0 bridgehead atoms. The average Bonchev–Trinajstić information content (AvgIpc) is 3.25. The predicted molar refractivity (Wildman–Crippen MR) is 119 cm³/mol. The van der Waals surface area contributed by atoms with E-state index < -0.39 is 38.4 Å². The number of benzene rings is 2. The number of hydrogen-bond acceptors (Lipinski definition) is 10. The summed E-state index contributed by atoms with van der Waals surface area (Å²) in [5.74, 6) is -2.15. The first-order valence-electron chi connectivity index (χ1n) is 8.72. The minimum absolute atomic E-state index is 0.107. The molecule has 1 amide bonds. The maximum Gasteiger partial charge on any atom is 0.286 e. The highest BCUT2D eigenvalue weighted by atomic mass is 79.9. The van der Waals surface area contributed by atoms with E-state index in [1.165, 1.54) is 0 Å². The number of carbonyl (C=O) groups excluding carboxylic acids is 1. The fourth-order valence-electron chi connectivity index (χ4n) is 2.88. The second-order valence-corrected chi connectivity index (χ2v) is 8.34. The van der Waals surface area contributed by atoms with Gasteiger partial charge in [-0.05, 0) is 47.3 Å². The largest absolute Gasteiger partial charge is 0.867 e. The van der Waals surface area contributed by atoms with Crippen LogP contribution >= 0.6 is 27.7 Å². The topological polar surface area (TPSA) is 200 Å². The molecule has 2 aromatic carbocycles. The number of amidine groups is 1. The number of hydrogen-bond donors (Lipinski definition) is 2. The summed E-state index contributed by atoms with van der Waals surface area (Å²) in [4.78, 5) is 38.7. The number of thioether (sulfide) groups is 1. The number of aromatic amines is 1. The number of aliphatic imine (C=N–C) groups is 1. The third-order valence-electron chi connectivity index (χ3n) is 4.34. The number of nitrogens with one attached hydrogen (secondary N) is 1. The molecule has 13 nitrogen and oxygen atoms in total. The third kappa shape index (κ3) is 4.31. The molecule has 1 aliphatic heterocycles. The average molecular weight is 532 g/mol. The Morgan fingerprint density at radius 2 is 1.91 bits per heavy atom. The first-order chi connectivity index (χ1) is 15.6. The molecular weight excluding hydrogens is 524 g/mol. The van der Waals surface area contributed by atoms with Crippen molar-refractivity contribution in [2.24, 2.45) is 15.2 Å². The molecule has 0 atom stereocenters. The molecule has 1 aromatic heterocycles. The molecule has 0 unspecified atom stereocenters. The van der Waals surface area contributed by atoms with E-state index >= 15 is 0 Å². The zero-order valence-electron chi connectivity index (χ0n) is 15.9. The molecule has 2 heterocycles. The number of nitrogens with zero attached hydrogens (tertiary/aromatic N) is 5. The van der Waals surface area contributed by atoms with Gasteiger partial charge in [0.2, 0.25) is 11.0 Å². The number of nitro groups is 2. The number of aromatic hydroxyl groups is 1. The summed E-state index contributed by atoms with van der Waals surface area (Å²) in [6.07, 6.45) is 0.974. The number of azo groups is 1. The van der Waals surface area contributed by atoms with Gasteiger partial charge >= 0.3 is 0 Å². The van der Waals surface area contributed by atoms with Crippen molar-refractivity contribution in [1.82, 2.24) is 4.98 Å². The molecule has 166 valence electrons. The number of carbonyl (C=O) groups is 1. The van der Waals surface area contributed by atoms with Gasteiger partial charge in [-0.15, -0.1) is 10.2 Å². The van der Waals surface area contributed by atoms with Crippen molar-refractivity contribution in [3.05, 3.63) is 65.5 Å². The van der Waals surface area contributed by atoms with E-state index in [-0.39, 0.29) is 21.6 Å². The molecule has 2 N–H and O–H groups in total. The van der Waals surface area contributed by atoms with E-state index in [2.05, 4.69) is 36.1 Å². The molecule has 33 heavy (non-hydrogen) atoms. The van der Waals surface area contributed by atoms with Gasteiger partial charge in [-0.3, -0.25) is 25.0 Å². The van der Waals surface area contributed by atoms with E-state index in [9.17, 15) is 35.2 Å². The molecule has 0 fully saturated rings. The van der Waals surface area contributed by atoms with Crippen molar-refractivity contribution in [3.8, 4) is 11.6 Å². The highest BCUT2D eigenvalue weighted by molar-refractivity contribution is 9.10. The van der Waals surface area contributed by atoms with E-state index in [1.54, 1.807) is 18.2 Å². The number of rotatable bonds is 4. The smallest absolute Gasteiger partial charge is 0.286 e. The Balaban J connectivity index is 1.65. The lowest BCUT2D eigenvalue weighted by atomic mass is 10.1. The number of non-ortho nitro benzene ring substituents is 1. The van der Waals surface area contributed by atoms with Gasteiger partial charge in [0.25, 0.3) is 17.3 Å². The van der Waals surface area contributed by atoms with Gasteiger partial charge in [0.15, 0.2) is 5.69 Å². The second-order valence-electron chi connectivity index (χ2n) is 6.42. The van der Waals surface area contributed by atoms with Gasteiger partial charge in [0.05, 0.1) is 26.3 Å². The second kappa shape index (κ2) is 8.44. The summed E-state index contributed by atoms with van der Waals surface area (Å²) in [5.41, 5.74) is -1.38. The Labute approximate surface area is 195 Å². The fourth-order valence-corrected chi connectivity index (χ4v) is 3.97. The van der Waals surface area contributed by atoms with Gasteiger partial charge < -0.3 is 15.2 Å². The molecule has 0 radical (unpaired) electrons. The number of H-pyrrole nitrogens is 1. The van der Waals surface area contributed by atoms with Gasteiger partial charge in [-0.2, -0.15) is 4.99 Å². The van der Waals surface area contributed by atoms with Crippen LogP contribution in [-0.4, -0.2) is 31.0 Å². The summed E-state index contributed by atoms with van der Waals surface area (Å²) in [5, 5.41) is 52.7. The maximum atomic E-state index is 12.3. The highest BCUT2D eigenvalue weighted by Gasteiger charge is 2.24. The van der Waals surface area contributed by atoms with Gasteiger partial charge in [0, 0.05) is 15.9 Å². The summed E-state index contributed by atoms with van der Waals surface area (Å²) in [7, 11) is 0. The van der Waals surface area contributed by atoms with Crippen molar-refractivity contribution in [1.29, 1.82) is 0 Å². The van der Waals surface area contributed by atoms with Crippen molar-refractivity contribution in [2.45, 2.75) is 0 Å². The van der Waals surface area contributed by atoms with Crippen molar-refractivity contribution in [2.75, 3.05) is 0 Å². The Hall–Kier alpha value is -4.11. The lowest BCUT2D eigenvalue weighted by molar-refractivity contribution is -0.403. The normalized spacial score (nSPS) is 15.0. The Kier molecular flexibility index (Phi) is 5.65. The molecule has 0 aliphatic carbocycles. The number of halogens is 1. The zero-order valence-corrected chi connectivity index (χ0v) is 18.3. The lowest BCUT2D eigenvalue weighted by Gasteiger charge is -2.10. The lowest BCUT2D eigenvalue weighted by Crippen LogP contribution is -2.02. The number of aromatic nitrogens is 1. The summed E-state index contributed by atoms with van der Waals surface area (Å²) in [6, 6.07) is 6.55. The third-order valence-corrected chi connectivity index (χ3v) is 5.70. The van der Waals surface area contributed by atoms with Gasteiger partial charge in [-0.25, -0.2) is 0 Å². The van der Waals surface area contributed by atoms with Crippen LogP contribution in [0.2, 0.25) is 0 Å². The predicted octanol–water partition coefficient (Wildman–Crippen LogP) is 4.28. The minimum atomic E-state index is -1.09. The Morgan fingerprint density at radius 1 is 1.15 bits per heavy atom. The molecule has 15 heteroatoms. The van der Waals surface area contributed by atoms with Crippen LogP contribution in [0.3, 0.4) is 0 Å². The quantitative estimate of drug-likeness (QED) is 0.215. The van der Waals surface area contributed by atoms with Crippen molar-refractivity contribution in [3.63, 3.8) is 0 Å². The monoisotopic (exact) mass is 531 g/mol. The molecule has 1 aliphatic rings.